The van der Waals surface area contributed by atoms with Crippen LogP contribution in [0.4, 0.5) is 0 Å². The third-order valence-electron chi connectivity index (χ3n) is 1.46. The standard InChI is InChI=1S/C10H15O2P/c1-8(2)11-13-12-10-6-4-9(3)5-7-10/h4-8,13H,1-3H3. The van der Waals surface area contributed by atoms with Gasteiger partial charge in [-0.15, -0.1) is 0 Å². The maximum Gasteiger partial charge on any atom is 0.215 e. The molecular weight excluding hydrogens is 183 g/mol. The van der Waals surface area contributed by atoms with Gasteiger partial charge in [0.05, 0.1) is 6.10 Å². The molecule has 13 heavy (non-hydrogen) atoms. The topological polar surface area (TPSA) is 18.5 Å². The number of rotatable bonds is 4. The van der Waals surface area contributed by atoms with E-state index < -0.39 is 0 Å². The Bertz CT molecular complexity index is 244. The molecule has 0 saturated heterocycles. The molecule has 0 amide bonds. The minimum absolute atomic E-state index is 0.0868. The highest BCUT2D eigenvalue weighted by atomic mass is 31.1. The lowest BCUT2D eigenvalue weighted by molar-refractivity contribution is 0.256. The smallest absolute Gasteiger partial charge is 0.215 e. The molecule has 0 spiro atoms. The molecule has 0 aliphatic carbocycles. The van der Waals surface area contributed by atoms with Gasteiger partial charge >= 0.3 is 0 Å². The average Bonchev–Trinajstić information content (AvgIpc) is 2.08. The van der Waals surface area contributed by atoms with E-state index >= 15 is 0 Å². The van der Waals surface area contributed by atoms with Gasteiger partial charge in [0.2, 0.25) is 9.03 Å². The highest BCUT2D eigenvalue weighted by molar-refractivity contribution is 7.26. The maximum absolute atomic E-state index is 5.38. The lowest BCUT2D eigenvalue weighted by Crippen LogP contribution is -1.94. The van der Waals surface area contributed by atoms with E-state index in [-0.39, 0.29) is 15.1 Å². The van der Waals surface area contributed by atoms with E-state index in [1.165, 1.54) is 5.56 Å². The predicted octanol–water partition coefficient (Wildman–Crippen LogP) is 3.31. The highest BCUT2D eigenvalue weighted by Crippen LogP contribution is 2.22. The Labute approximate surface area is 81.2 Å². The predicted molar refractivity (Wildman–Crippen MR) is 56.3 cm³/mol. The third kappa shape index (κ3) is 4.25. The molecule has 1 atom stereocenters. The van der Waals surface area contributed by atoms with E-state index in [1.54, 1.807) is 0 Å². The number of hydrogen-bond donors (Lipinski definition) is 0. The Balaban J connectivity index is 2.33. The van der Waals surface area contributed by atoms with Gasteiger partial charge in [0, 0.05) is 0 Å². The number of benzene rings is 1. The fraction of sp³-hybridized carbons (Fsp3) is 0.400. The second-order valence-electron chi connectivity index (χ2n) is 3.17. The van der Waals surface area contributed by atoms with Crippen LogP contribution in [-0.4, -0.2) is 6.10 Å². The van der Waals surface area contributed by atoms with Crippen molar-refractivity contribution in [2.45, 2.75) is 26.9 Å². The van der Waals surface area contributed by atoms with Crippen molar-refractivity contribution in [3.05, 3.63) is 29.8 Å². The van der Waals surface area contributed by atoms with Crippen molar-refractivity contribution >= 4 is 9.03 Å². The Kier molecular flexibility index (Phi) is 4.20. The first-order valence-corrected chi connectivity index (χ1v) is 5.14. The summed E-state index contributed by atoms with van der Waals surface area (Å²) < 4.78 is 10.7. The molecule has 0 aliphatic heterocycles. The summed E-state index contributed by atoms with van der Waals surface area (Å²) in [5.74, 6) is 0.865. The fourth-order valence-corrected chi connectivity index (χ4v) is 1.25. The van der Waals surface area contributed by atoms with Gasteiger partial charge in [-0.05, 0) is 32.9 Å². The second-order valence-corrected chi connectivity index (χ2v) is 3.77. The number of aryl methyl sites for hydroxylation is 1. The number of hydrogen-bond acceptors (Lipinski definition) is 2. The van der Waals surface area contributed by atoms with Gasteiger partial charge in [-0.3, -0.25) is 0 Å². The molecule has 0 bridgehead atoms. The van der Waals surface area contributed by atoms with Crippen LogP contribution in [0.1, 0.15) is 19.4 Å². The Morgan fingerprint density at radius 1 is 1.15 bits per heavy atom. The van der Waals surface area contributed by atoms with Crippen LogP contribution in [0.2, 0.25) is 0 Å². The summed E-state index contributed by atoms with van der Waals surface area (Å²) in [5.41, 5.74) is 1.24. The molecule has 0 fully saturated rings. The van der Waals surface area contributed by atoms with Gasteiger partial charge in [-0.1, -0.05) is 17.7 Å². The summed E-state index contributed by atoms with van der Waals surface area (Å²) in [7, 11) is 0.0868. The van der Waals surface area contributed by atoms with E-state index in [9.17, 15) is 0 Å². The van der Waals surface area contributed by atoms with Crippen LogP contribution in [0, 0.1) is 6.92 Å². The highest BCUT2D eigenvalue weighted by Gasteiger charge is 1.95. The van der Waals surface area contributed by atoms with E-state index in [2.05, 4.69) is 6.92 Å². The van der Waals surface area contributed by atoms with Crippen molar-refractivity contribution in [3.63, 3.8) is 0 Å². The van der Waals surface area contributed by atoms with Crippen molar-refractivity contribution < 1.29 is 9.05 Å². The van der Waals surface area contributed by atoms with Crippen LogP contribution < -0.4 is 4.52 Å². The summed E-state index contributed by atoms with van der Waals surface area (Å²) in [4.78, 5) is 0. The molecule has 0 aromatic heterocycles. The lowest BCUT2D eigenvalue weighted by atomic mass is 10.2. The Morgan fingerprint density at radius 3 is 2.31 bits per heavy atom. The van der Waals surface area contributed by atoms with Gasteiger partial charge < -0.3 is 9.05 Å². The summed E-state index contributed by atoms with van der Waals surface area (Å²) >= 11 is 0. The molecule has 0 saturated carbocycles. The van der Waals surface area contributed by atoms with Crippen molar-refractivity contribution in [3.8, 4) is 5.75 Å². The molecule has 0 heterocycles. The van der Waals surface area contributed by atoms with Crippen LogP contribution in [0.25, 0.3) is 0 Å². The van der Waals surface area contributed by atoms with Crippen LogP contribution >= 0.6 is 9.03 Å². The lowest BCUT2D eigenvalue weighted by Gasteiger charge is -2.08. The van der Waals surface area contributed by atoms with Gasteiger partial charge in [-0.2, -0.15) is 0 Å². The summed E-state index contributed by atoms with van der Waals surface area (Å²) in [6.45, 7) is 6.04. The quantitative estimate of drug-likeness (QED) is 0.691. The molecule has 72 valence electrons. The SMILES string of the molecule is Cc1ccc(OPOC(C)C)cc1. The van der Waals surface area contributed by atoms with Crippen molar-refractivity contribution in [1.29, 1.82) is 0 Å². The van der Waals surface area contributed by atoms with Gasteiger partial charge in [-0.25, -0.2) is 0 Å². The van der Waals surface area contributed by atoms with E-state index in [0.29, 0.717) is 0 Å². The van der Waals surface area contributed by atoms with Gasteiger partial charge in [0.25, 0.3) is 0 Å². The van der Waals surface area contributed by atoms with E-state index in [1.807, 2.05) is 38.1 Å². The summed E-state index contributed by atoms with van der Waals surface area (Å²) in [6.07, 6.45) is 0.226. The van der Waals surface area contributed by atoms with Gasteiger partial charge in [0.15, 0.2) is 0 Å². The van der Waals surface area contributed by atoms with Crippen LogP contribution in [-0.2, 0) is 4.52 Å². The maximum atomic E-state index is 5.38. The molecule has 0 N–H and O–H groups in total. The summed E-state index contributed by atoms with van der Waals surface area (Å²) in [6, 6.07) is 7.95. The molecule has 1 aromatic rings. The van der Waals surface area contributed by atoms with E-state index in [0.717, 1.165) is 5.75 Å². The largest absolute Gasteiger partial charge is 0.450 e. The first-order valence-electron chi connectivity index (χ1n) is 4.32. The zero-order chi connectivity index (χ0) is 9.68. The molecule has 3 heteroatoms. The zero-order valence-electron chi connectivity index (χ0n) is 8.20. The summed E-state index contributed by atoms with van der Waals surface area (Å²) in [5, 5.41) is 0. The van der Waals surface area contributed by atoms with Crippen molar-refractivity contribution in [2.24, 2.45) is 0 Å². The molecule has 1 rings (SSSR count). The monoisotopic (exact) mass is 198 g/mol. The Morgan fingerprint density at radius 2 is 1.77 bits per heavy atom. The molecule has 1 aromatic carbocycles. The fourth-order valence-electron chi connectivity index (χ4n) is 0.775. The average molecular weight is 198 g/mol. The second kappa shape index (κ2) is 5.21. The normalized spacial score (nSPS) is 11.4. The molecule has 0 radical (unpaired) electrons. The molecule has 2 nitrogen and oxygen atoms in total. The zero-order valence-corrected chi connectivity index (χ0v) is 9.20. The van der Waals surface area contributed by atoms with Crippen molar-refractivity contribution in [2.75, 3.05) is 0 Å². The first-order chi connectivity index (χ1) is 6.18. The molecular formula is C10H15O2P. The minimum Gasteiger partial charge on any atom is -0.450 e. The van der Waals surface area contributed by atoms with Crippen molar-refractivity contribution in [1.82, 2.24) is 0 Å². The van der Waals surface area contributed by atoms with Crippen LogP contribution in [0.3, 0.4) is 0 Å². The van der Waals surface area contributed by atoms with Gasteiger partial charge in [0.1, 0.15) is 5.75 Å². The van der Waals surface area contributed by atoms with Crippen LogP contribution in [0.5, 0.6) is 5.75 Å². The Hall–Kier alpha value is -0.590. The molecule has 1 unspecified atom stereocenters. The van der Waals surface area contributed by atoms with Crippen LogP contribution in [0.15, 0.2) is 24.3 Å². The molecule has 0 aliphatic rings. The minimum atomic E-state index is 0.0868. The third-order valence-corrected chi connectivity index (χ3v) is 2.35. The first kappa shape index (κ1) is 10.5. The van der Waals surface area contributed by atoms with E-state index in [4.69, 9.17) is 9.05 Å².